The number of amides is 2. The molecule has 0 saturated carbocycles. The van der Waals surface area contributed by atoms with Gasteiger partial charge in [0, 0.05) is 33.6 Å². The Morgan fingerprint density at radius 1 is 1.20 bits per heavy atom. The first-order valence-corrected chi connectivity index (χ1v) is 8.88. The van der Waals surface area contributed by atoms with Crippen molar-refractivity contribution in [1.29, 1.82) is 0 Å². The van der Waals surface area contributed by atoms with Crippen LogP contribution in [0.4, 0.5) is 0 Å². The number of nitrogens with one attached hydrogen (secondary N) is 1. The van der Waals surface area contributed by atoms with E-state index in [9.17, 15) is 9.59 Å². The van der Waals surface area contributed by atoms with E-state index in [2.05, 4.69) is 10.4 Å². The SMILES string of the molecule is O=C(NN1C(=O)C(=Cc2c(Cl)cccc2Cl)SC1=S)c1ccncc1. The van der Waals surface area contributed by atoms with Crippen molar-refractivity contribution >= 4 is 69.4 Å². The van der Waals surface area contributed by atoms with E-state index in [1.807, 2.05) is 0 Å². The zero-order valence-electron chi connectivity index (χ0n) is 12.4. The molecule has 1 aromatic heterocycles. The molecule has 1 fully saturated rings. The smallest absolute Gasteiger partial charge is 0.267 e. The third-order valence-corrected chi connectivity index (χ3v) is 5.19. The highest BCUT2D eigenvalue weighted by molar-refractivity contribution is 8.26. The number of pyridine rings is 1. The number of aromatic nitrogens is 1. The number of hydrazine groups is 1. The molecule has 2 heterocycles. The van der Waals surface area contributed by atoms with Gasteiger partial charge < -0.3 is 0 Å². The number of carbonyl (C=O) groups is 2. The number of rotatable bonds is 3. The third-order valence-electron chi connectivity index (χ3n) is 3.22. The normalized spacial score (nSPS) is 15.8. The van der Waals surface area contributed by atoms with Crippen LogP contribution in [0.5, 0.6) is 0 Å². The van der Waals surface area contributed by atoms with Gasteiger partial charge in [-0.05, 0) is 42.6 Å². The molecule has 1 aliphatic rings. The van der Waals surface area contributed by atoms with Crippen molar-refractivity contribution in [3.05, 3.63) is 68.8 Å². The van der Waals surface area contributed by atoms with Crippen LogP contribution in [0.25, 0.3) is 6.08 Å². The fourth-order valence-electron chi connectivity index (χ4n) is 2.01. The van der Waals surface area contributed by atoms with Gasteiger partial charge in [-0.1, -0.05) is 41.0 Å². The highest BCUT2D eigenvalue weighted by Crippen LogP contribution is 2.35. The van der Waals surface area contributed by atoms with Crippen molar-refractivity contribution in [2.45, 2.75) is 0 Å². The lowest BCUT2D eigenvalue weighted by Gasteiger charge is -2.15. The van der Waals surface area contributed by atoms with Gasteiger partial charge in [-0.3, -0.25) is 20.0 Å². The summed E-state index contributed by atoms with van der Waals surface area (Å²) >= 11 is 18.5. The molecule has 1 aliphatic heterocycles. The van der Waals surface area contributed by atoms with E-state index in [1.54, 1.807) is 24.3 Å². The predicted octanol–water partition coefficient (Wildman–Crippen LogP) is 3.93. The second-order valence-corrected chi connectivity index (χ2v) is 7.32. The number of nitrogens with zero attached hydrogens (tertiary/aromatic N) is 2. The quantitative estimate of drug-likeness (QED) is 0.614. The molecule has 0 atom stereocenters. The number of carbonyl (C=O) groups excluding carboxylic acids is 2. The fraction of sp³-hybridized carbons (Fsp3) is 0. The highest BCUT2D eigenvalue weighted by atomic mass is 35.5. The summed E-state index contributed by atoms with van der Waals surface area (Å²) in [6, 6.07) is 8.12. The average molecular weight is 410 g/mol. The van der Waals surface area contributed by atoms with Gasteiger partial charge in [-0.25, -0.2) is 0 Å². The molecule has 0 bridgehead atoms. The Bertz CT molecular complexity index is 883. The first-order chi connectivity index (χ1) is 12.0. The maximum absolute atomic E-state index is 12.5. The minimum absolute atomic E-state index is 0.210. The molecule has 0 aliphatic carbocycles. The molecule has 1 aromatic carbocycles. The summed E-state index contributed by atoms with van der Waals surface area (Å²) in [5, 5.41) is 1.86. The maximum atomic E-state index is 12.5. The van der Waals surface area contributed by atoms with Gasteiger partial charge >= 0.3 is 0 Å². The number of halogens is 2. The maximum Gasteiger partial charge on any atom is 0.285 e. The van der Waals surface area contributed by atoms with Crippen LogP contribution in [0.15, 0.2) is 47.6 Å². The van der Waals surface area contributed by atoms with E-state index in [0.717, 1.165) is 16.8 Å². The lowest BCUT2D eigenvalue weighted by molar-refractivity contribution is -0.123. The lowest BCUT2D eigenvalue weighted by Crippen LogP contribution is -2.44. The summed E-state index contributed by atoms with van der Waals surface area (Å²) in [5.41, 5.74) is 3.37. The molecule has 3 rings (SSSR count). The van der Waals surface area contributed by atoms with E-state index in [0.29, 0.717) is 26.1 Å². The lowest BCUT2D eigenvalue weighted by atomic mass is 10.2. The molecule has 0 unspecified atom stereocenters. The number of thioether (sulfide) groups is 1. The summed E-state index contributed by atoms with van der Waals surface area (Å²) in [6.45, 7) is 0. The molecule has 126 valence electrons. The van der Waals surface area contributed by atoms with E-state index < -0.39 is 11.8 Å². The van der Waals surface area contributed by atoms with Gasteiger partial charge in [0.15, 0.2) is 4.32 Å². The Morgan fingerprint density at radius 2 is 1.84 bits per heavy atom. The number of benzene rings is 1. The minimum Gasteiger partial charge on any atom is -0.267 e. The summed E-state index contributed by atoms with van der Waals surface area (Å²) in [5.74, 6) is -0.913. The molecular formula is C16H9Cl2N3O2S2. The van der Waals surface area contributed by atoms with Crippen molar-refractivity contribution in [3.63, 3.8) is 0 Å². The van der Waals surface area contributed by atoms with Gasteiger partial charge in [0.05, 0.1) is 4.91 Å². The van der Waals surface area contributed by atoms with Crippen LogP contribution in [-0.2, 0) is 4.79 Å². The molecular weight excluding hydrogens is 401 g/mol. The first-order valence-electron chi connectivity index (χ1n) is 6.90. The molecule has 2 amide bonds. The molecule has 0 spiro atoms. The Balaban J connectivity index is 1.83. The number of hydrogen-bond donors (Lipinski definition) is 1. The first kappa shape index (κ1) is 17.9. The van der Waals surface area contributed by atoms with Crippen molar-refractivity contribution < 1.29 is 9.59 Å². The monoisotopic (exact) mass is 409 g/mol. The largest absolute Gasteiger partial charge is 0.285 e. The molecule has 5 nitrogen and oxygen atoms in total. The van der Waals surface area contributed by atoms with Gasteiger partial charge in [0.2, 0.25) is 0 Å². The predicted molar refractivity (Wildman–Crippen MR) is 103 cm³/mol. The Morgan fingerprint density at radius 3 is 2.48 bits per heavy atom. The van der Waals surface area contributed by atoms with E-state index in [-0.39, 0.29) is 4.32 Å². The Kier molecular flexibility index (Phi) is 5.39. The van der Waals surface area contributed by atoms with Gasteiger partial charge in [-0.15, -0.1) is 0 Å². The standard InChI is InChI=1S/C16H9Cl2N3O2S2/c17-11-2-1-3-12(18)10(11)8-13-15(23)21(16(24)25-13)20-14(22)9-4-6-19-7-5-9/h1-8H,(H,20,22). The second kappa shape index (κ2) is 7.53. The van der Waals surface area contributed by atoms with Crippen molar-refractivity contribution in [2.24, 2.45) is 0 Å². The van der Waals surface area contributed by atoms with Crippen LogP contribution in [0, 0.1) is 0 Å². The summed E-state index contributed by atoms with van der Waals surface area (Å²) in [4.78, 5) is 28.9. The Hall–Kier alpha value is -1.93. The van der Waals surface area contributed by atoms with E-state index >= 15 is 0 Å². The number of thiocarbonyl (C=S) groups is 1. The zero-order chi connectivity index (χ0) is 18.0. The molecule has 9 heteroatoms. The highest BCUT2D eigenvalue weighted by Gasteiger charge is 2.34. The van der Waals surface area contributed by atoms with Crippen molar-refractivity contribution in [2.75, 3.05) is 0 Å². The minimum atomic E-state index is -0.462. The van der Waals surface area contributed by atoms with Crippen LogP contribution < -0.4 is 5.43 Å². The van der Waals surface area contributed by atoms with Crippen molar-refractivity contribution in [3.8, 4) is 0 Å². The van der Waals surface area contributed by atoms with Gasteiger partial charge in [0.1, 0.15) is 0 Å². The molecule has 1 saturated heterocycles. The number of hydrogen-bond acceptors (Lipinski definition) is 5. The van der Waals surface area contributed by atoms with Crippen LogP contribution in [0.1, 0.15) is 15.9 Å². The van der Waals surface area contributed by atoms with Crippen LogP contribution in [-0.4, -0.2) is 26.1 Å². The molecule has 0 radical (unpaired) electrons. The zero-order valence-corrected chi connectivity index (χ0v) is 15.5. The summed E-state index contributed by atoms with van der Waals surface area (Å²) in [7, 11) is 0. The topological polar surface area (TPSA) is 62.3 Å². The van der Waals surface area contributed by atoms with E-state index in [4.69, 9.17) is 35.4 Å². The van der Waals surface area contributed by atoms with Gasteiger partial charge in [-0.2, -0.15) is 5.01 Å². The summed E-state index contributed by atoms with van der Waals surface area (Å²) in [6.07, 6.45) is 4.53. The molecule has 2 aromatic rings. The van der Waals surface area contributed by atoms with Crippen LogP contribution >= 0.6 is 47.2 Å². The van der Waals surface area contributed by atoms with Crippen LogP contribution in [0.2, 0.25) is 10.0 Å². The second-order valence-electron chi connectivity index (χ2n) is 4.83. The average Bonchev–Trinajstić information content (AvgIpc) is 2.86. The van der Waals surface area contributed by atoms with Crippen molar-refractivity contribution in [1.82, 2.24) is 15.4 Å². The van der Waals surface area contributed by atoms with Gasteiger partial charge in [0.25, 0.3) is 11.8 Å². The van der Waals surface area contributed by atoms with Crippen LogP contribution in [0.3, 0.4) is 0 Å². The van der Waals surface area contributed by atoms with E-state index in [1.165, 1.54) is 24.5 Å². The molecule has 25 heavy (non-hydrogen) atoms. The summed E-state index contributed by atoms with van der Waals surface area (Å²) < 4.78 is 0.210. The third kappa shape index (κ3) is 3.85. The Labute approximate surface area is 163 Å². The fourth-order valence-corrected chi connectivity index (χ4v) is 3.68. The molecule has 1 N–H and O–H groups in total.